The van der Waals surface area contributed by atoms with Gasteiger partial charge in [-0.15, -0.1) is 24.8 Å². The molecule has 0 unspecified atom stereocenters. The average Bonchev–Trinajstić information content (AvgIpc) is 2.50. The van der Waals surface area contributed by atoms with Crippen LogP contribution in [0.15, 0.2) is 6.20 Å². The molecule has 0 spiro atoms. The van der Waals surface area contributed by atoms with E-state index < -0.39 is 0 Å². The van der Waals surface area contributed by atoms with Gasteiger partial charge in [0.25, 0.3) is 0 Å². The fourth-order valence-corrected chi connectivity index (χ4v) is 1.85. The second-order valence-corrected chi connectivity index (χ2v) is 3.34. The molecular formula is C9H17Cl2N3. The summed E-state index contributed by atoms with van der Waals surface area (Å²) in [6.07, 6.45) is 6.73. The predicted octanol–water partition coefficient (Wildman–Crippen LogP) is 1.56. The van der Waals surface area contributed by atoms with Crippen molar-refractivity contribution in [3.63, 3.8) is 0 Å². The molecule has 1 aliphatic heterocycles. The highest BCUT2D eigenvalue weighted by Crippen LogP contribution is 2.17. The van der Waals surface area contributed by atoms with Crippen LogP contribution in [0.1, 0.15) is 24.1 Å². The Kier molecular flexibility index (Phi) is 6.16. The van der Waals surface area contributed by atoms with E-state index in [9.17, 15) is 0 Å². The summed E-state index contributed by atoms with van der Waals surface area (Å²) < 4.78 is 2.13. The van der Waals surface area contributed by atoms with Gasteiger partial charge in [-0.2, -0.15) is 5.10 Å². The molecule has 0 saturated heterocycles. The van der Waals surface area contributed by atoms with Gasteiger partial charge >= 0.3 is 0 Å². The molecule has 0 fully saturated rings. The van der Waals surface area contributed by atoms with Gasteiger partial charge in [0.2, 0.25) is 0 Å². The number of fused-ring (bicyclic) bond motifs is 1. The molecule has 0 saturated carbocycles. The number of nitrogens with zero attached hydrogens (tertiary/aromatic N) is 2. The minimum Gasteiger partial charge on any atom is -0.330 e. The maximum atomic E-state index is 5.52. The molecule has 2 rings (SSSR count). The lowest BCUT2D eigenvalue weighted by Gasteiger charge is -2.14. The largest absolute Gasteiger partial charge is 0.330 e. The van der Waals surface area contributed by atoms with Crippen LogP contribution < -0.4 is 5.73 Å². The van der Waals surface area contributed by atoms with Crippen molar-refractivity contribution >= 4 is 24.8 Å². The van der Waals surface area contributed by atoms with Gasteiger partial charge in [0.15, 0.2) is 0 Å². The average molecular weight is 238 g/mol. The first-order chi connectivity index (χ1) is 5.92. The second-order valence-electron chi connectivity index (χ2n) is 3.34. The molecule has 0 atom stereocenters. The van der Waals surface area contributed by atoms with Gasteiger partial charge in [0.05, 0.1) is 6.20 Å². The van der Waals surface area contributed by atoms with E-state index in [4.69, 9.17) is 5.73 Å². The van der Waals surface area contributed by atoms with E-state index in [1.165, 1.54) is 30.5 Å². The summed E-state index contributed by atoms with van der Waals surface area (Å²) in [6, 6.07) is 0. The molecule has 0 bridgehead atoms. The van der Waals surface area contributed by atoms with E-state index >= 15 is 0 Å². The van der Waals surface area contributed by atoms with Gasteiger partial charge in [-0.3, -0.25) is 4.68 Å². The van der Waals surface area contributed by atoms with E-state index in [2.05, 4.69) is 9.78 Å². The highest BCUT2D eigenvalue weighted by Gasteiger charge is 2.13. The zero-order valence-electron chi connectivity index (χ0n) is 8.11. The van der Waals surface area contributed by atoms with Gasteiger partial charge in [-0.25, -0.2) is 0 Å². The van der Waals surface area contributed by atoms with Crippen molar-refractivity contribution in [1.29, 1.82) is 0 Å². The number of halogens is 2. The molecule has 2 heterocycles. The highest BCUT2D eigenvalue weighted by atomic mass is 35.5. The molecule has 0 aromatic carbocycles. The molecule has 1 aliphatic rings. The minimum absolute atomic E-state index is 0. The van der Waals surface area contributed by atoms with Crippen LogP contribution in [0.3, 0.4) is 0 Å². The van der Waals surface area contributed by atoms with Gasteiger partial charge < -0.3 is 5.73 Å². The lowest BCUT2D eigenvalue weighted by atomic mass is 10.1. The van der Waals surface area contributed by atoms with E-state index in [1.807, 2.05) is 6.20 Å². The van der Waals surface area contributed by atoms with Crippen LogP contribution in [0.25, 0.3) is 0 Å². The lowest BCUT2D eigenvalue weighted by molar-refractivity contribution is 0.484. The first kappa shape index (κ1) is 13.8. The van der Waals surface area contributed by atoms with Gasteiger partial charge in [0.1, 0.15) is 0 Å². The fourth-order valence-electron chi connectivity index (χ4n) is 1.85. The Labute approximate surface area is 96.9 Å². The Balaban J connectivity index is 0.000000845. The molecular weight excluding hydrogens is 221 g/mol. The molecule has 0 aliphatic carbocycles. The summed E-state index contributed by atoms with van der Waals surface area (Å²) in [5.41, 5.74) is 8.30. The number of aryl methyl sites for hydroxylation is 1. The van der Waals surface area contributed by atoms with Gasteiger partial charge in [0, 0.05) is 12.2 Å². The first-order valence-electron chi connectivity index (χ1n) is 4.65. The zero-order chi connectivity index (χ0) is 8.39. The van der Waals surface area contributed by atoms with Crippen molar-refractivity contribution in [2.24, 2.45) is 5.73 Å². The number of rotatable bonds is 2. The molecule has 14 heavy (non-hydrogen) atoms. The van der Waals surface area contributed by atoms with Crippen LogP contribution >= 0.6 is 24.8 Å². The SMILES string of the molecule is Cl.Cl.NCCc1cnn2c1CCCC2. The summed E-state index contributed by atoms with van der Waals surface area (Å²) in [4.78, 5) is 0. The fraction of sp³-hybridized carbons (Fsp3) is 0.667. The summed E-state index contributed by atoms with van der Waals surface area (Å²) in [6.45, 7) is 1.83. The number of nitrogens with two attached hydrogens (primary N) is 1. The number of hydrogen-bond donors (Lipinski definition) is 1. The number of hydrogen-bond acceptors (Lipinski definition) is 2. The van der Waals surface area contributed by atoms with Gasteiger partial charge in [-0.1, -0.05) is 0 Å². The Morgan fingerprint density at radius 3 is 2.86 bits per heavy atom. The third-order valence-corrected chi connectivity index (χ3v) is 2.48. The summed E-state index contributed by atoms with van der Waals surface area (Å²) in [5.74, 6) is 0. The summed E-state index contributed by atoms with van der Waals surface area (Å²) in [7, 11) is 0. The lowest BCUT2D eigenvalue weighted by Crippen LogP contribution is -2.13. The van der Waals surface area contributed by atoms with E-state index in [-0.39, 0.29) is 24.8 Å². The molecule has 1 aromatic heterocycles. The predicted molar refractivity (Wildman–Crippen MR) is 62.4 cm³/mol. The Hall–Kier alpha value is -0.250. The van der Waals surface area contributed by atoms with E-state index in [1.54, 1.807) is 0 Å². The summed E-state index contributed by atoms with van der Waals surface area (Å²) in [5, 5.41) is 4.34. The molecule has 0 radical (unpaired) electrons. The molecule has 3 nitrogen and oxygen atoms in total. The monoisotopic (exact) mass is 237 g/mol. The Morgan fingerprint density at radius 1 is 1.36 bits per heavy atom. The zero-order valence-corrected chi connectivity index (χ0v) is 9.74. The molecule has 5 heteroatoms. The van der Waals surface area contributed by atoms with Crippen LogP contribution in [0.2, 0.25) is 0 Å². The van der Waals surface area contributed by atoms with Crippen molar-refractivity contribution in [2.75, 3.05) is 6.54 Å². The van der Waals surface area contributed by atoms with Crippen LogP contribution in [0, 0.1) is 0 Å². The van der Waals surface area contributed by atoms with Crippen molar-refractivity contribution < 1.29 is 0 Å². The number of aromatic nitrogens is 2. The highest BCUT2D eigenvalue weighted by molar-refractivity contribution is 5.85. The standard InChI is InChI=1S/C9H15N3.2ClH/c10-5-4-8-7-11-12-6-2-1-3-9(8)12;;/h7H,1-6,10H2;2*1H. The molecule has 1 aromatic rings. The topological polar surface area (TPSA) is 43.8 Å². The van der Waals surface area contributed by atoms with E-state index in [0.29, 0.717) is 0 Å². The smallest absolute Gasteiger partial charge is 0.0525 e. The van der Waals surface area contributed by atoms with E-state index in [0.717, 1.165) is 19.5 Å². The molecule has 2 N–H and O–H groups in total. The Bertz CT molecular complexity index is 273. The van der Waals surface area contributed by atoms with Gasteiger partial charge in [-0.05, 0) is 37.8 Å². The molecule has 82 valence electrons. The second kappa shape index (κ2) is 6.27. The summed E-state index contributed by atoms with van der Waals surface area (Å²) >= 11 is 0. The van der Waals surface area contributed by atoms with Crippen LogP contribution in [-0.2, 0) is 19.4 Å². The van der Waals surface area contributed by atoms with Crippen molar-refractivity contribution in [2.45, 2.75) is 32.2 Å². The maximum absolute atomic E-state index is 5.52. The first-order valence-corrected chi connectivity index (χ1v) is 4.65. The third kappa shape index (κ3) is 2.62. The van der Waals surface area contributed by atoms with Crippen molar-refractivity contribution in [3.05, 3.63) is 17.5 Å². The van der Waals surface area contributed by atoms with Crippen molar-refractivity contribution in [1.82, 2.24) is 9.78 Å². The van der Waals surface area contributed by atoms with Crippen molar-refractivity contribution in [3.8, 4) is 0 Å². The molecule has 0 amide bonds. The Morgan fingerprint density at radius 2 is 2.14 bits per heavy atom. The van der Waals surface area contributed by atoms with Crippen LogP contribution in [0.5, 0.6) is 0 Å². The third-order valence-electron chi connectivity index (χ3n) is 2.48. The quantitative estimate of drug-likeness (QED) is 0.849. The normalized spacial score (nSPS) is 13.8. The minimum atomic E-state index is 0. The van der Waals surface area contributed by atoms with Crippen LogP contribution in [-0.4, -0.2) is 16.3 Å². The maximum Gasteiger partial charge on any atom is 0.0525 e. The van der Waals surface area contributed by atoms with Crippen LogP contribution in [0.4, 0.5) is 0 Å².